The van der Waals surface area contributed by atoms with E-state index in [-0.39, 0.29) is 5.69 Å². The Hall–Kier alpha value is -2.08. The summed E-state index contributed by atoms with van der Waals surface area (Å²) in [5, 5.41) is 3.10. The molecule has 3 aromatic rings. The Morgan fingerprint density at radius 3 is 2.55 bits per heavy atom. The highest BCUT2D eigenvalue weighted by Crippen LogP contribution is 2.30. The van der Waals surface area contributed by atoms with Crippen molar-refractivity contribution >= 4 is 32.4 Å². The number of aromatic nitrogens is 1. The smallest absolute Gasteiger partial charge is 0.188 e. The summed E-state index contributed by atoms with van der Waals surface area (Å²) >= 11 is 1.31. The average molecular weight is 294 g/mol. The van der Waals surface area contributed by atoms with Crippen LogP contribution in [0, 0.1) is 24.4 Å². The first-order valence-electron chi connectivity index (χ1n) is 5.82. The lowest BCUT2D eigenvalue weighted by atomic mass is 10.2. The molecule has 1 N–H and O–H groups in total. The molecule has 1 aromatic heterocycles. The van der Waals surface area contributed by atoms with Crippen LogP contribution < -0.4 is 5.32 Å². The highest BCUT2D eigenvalue weighted by molar-refractivity contribution is 7.22. The lowest BCUT2D eigenvalue weighted by Gasteiger charge is -2.04. The molecule has 0 aliphatic rings. The molecule has 2 nitrogen and oxygen atoms in total. The van der Waals surface area contributed by atoms with Gasteiger partial charge in [0.1, 0.15) is 5.82 Å². The molecular weight excluding hydrogens is 285 g/mol. The van der Waals surface area contributed by atoms with E-state index in [1.54, 1.807) is 0 Å². The lowest BCUT2D eigenvalue weighted by Crippen LogP contribution is -1.96. The Labute approximate surface area is 116 Å². The first kappa shape index (κ1) is 12.9. The van der Waals surface area contributed by atoms with E-state index >= 15 is 0 Å². The van der Waals surface area contributed by atoms with Crippen molar-refractivity contribution in [2.24, 2.45) is 0 Å². The first-order valence-corrected chi connectivity index (χ1v) is 6.63. The summed E-state index contributed by atoms with van der Waals surface area (Å²) in [6.45, 7) is 1.95. The Morgan fingerprint density at radius 2 is 1.75 bits per heavy atom. The van der Waals surface area contributed by atoms with Gasteiger partial charge in [-0.1, -0.05) is 17.4 Å². The minimum atomic E-state index is -1.21. The molecule has 0 saturated heterocycles. The van der Waals surface area contributed by atoms with E-state index in [9.17, 15) is 13.2 Å². The number of fused-ring (bicyclic) bond motifs is 1. The van der Waals surface area contributed by atoms with E-state index in [4.69, 9.17) is 0 Å². The molecule has 0 amide bonds. The van der Waals surface area contributed by atoms with Gasteiger partial charge in [-0.2, -0.15) is 0 Å². The largest absolute Gasteiger partial charge is 0.329 e. The average Bonchev–Trinajstić information content (AvgIpc) is 2.77. The van der Waals surface area contributed by atoms with Crippen LogP contribution >= 0.6 is 11.3 Å². The van der Waals surface area contributed by atoms with Crippen LogP contribution in [0.5, 0.6) is 0 Å². The summed E-state index contributed by atoms with van der Waals surface area (Å²) in [7, 11) is 0. The van der Waals surface area contributed by atoms with E-state index in [0.717, 1.165) is 21.8 Å². The van der Waals surface area contributed by atoms with Crippen LogP contribution in [-0.4, -0.2) is 4.98 Å². The summed E-state index contributed by atoms with van der Waals surface area (Å²) in [5.41, 5.74) is 1.70. The second-order valence-electron chi connectivity index (χ2n) is 4.36. The van der Waals surface area contributed by atoms with Gasteiger partial charge in [0, 0.05) is 12.1 Å². The number of hydrogen-bond acceptors (Lipinski definition) is 3. The van der Waals surface area contributed by atoms with Gasteiger partial charge < -0.3 is 5.32 Å². The number of hydrogen-bond donors (Lipinski definition) is 1. The molecule has 0 aliphatic heterocycles. The highest BCUT2D eigenvalue weighted by Gasteiger charge is 2.12. The maximum absolute atomic E-state index is 13.5. The molecule has 102 valence electrons. The SMILES string of the molecule is Cc1ccc2sc(Nc3cc(F)c(F)cc3F)nc2c1. The van der Waals surface area contributed by atoms with Gasteiger partial charge in [-0.25, -0.2) is 18.2 Å². The monoisotopic (exact) mass is 294 g/mol. The molecule has 0 radical (unpaired) electrons. The van der Waals surface area contributed by atoms with Crippen LogP contribution in [0.25, 0.3) is 10.2 Å². The molecule has 6 heteroatoms. The van der Waals surface area contributed by atoms with Crippen molar-refractivity contribution in [3.8, 4) is 0 Å². The Kier molecular flexibility index (Phi) is 3.10. The molecule has 3 rings (SSSR count). The van der Waals surface area contributed by atoms with Crippen molar-refractivity contribution < 1.29 is 13.2 Å². The number of halogens is 3. The van der Waals surface area contributed by atoms with Crippen molar-refractivity contribution in [2.75, 3.05) is 5.32 Å². The minimum Gasteiger partial charge on any atom is -0.329 e. The van der Waals surface area contributed by atoms with Gasteiger partial charge in [0.25, 0.3) is 0 Å². The molecule has 0 fully saturated rings. The summed E-state index contributed by atoms with van der Waals surface area (Å²) in [6.07, 6.45) is 0. The standard InChI is InChI=1S/C14H9F3N2S/c1-7-2-3-13-12(4-7)19-14(20-13)18-11-6-9(16)8(15)5-10(11)17/h2-6H,1H3,(H,18,19). The first-order chi connectivity index (χ1) is 9.52. The third kappa shape index (κ3) is 2.34. The zero-order valence-electron chi connectivity index (χ0n) is 10.4. The molecule has 0 unspecified atom stereocenters. The summed E-state index contributed by atoms with van der Waals surface area (Å²) in [6, 6.07) is 7.05. The molecule has 2 aromatic carbocycles. The van der Waals surface area contributed by atoms with Gasteiger partial charge in [0.15, 0.2) is 16.8 Å². The Balaban J connectivity index is 1.99. The molecular formula is C14H9F3N2S. The van der Waals surface area contributed by atoms with Crippen molar-refractivity contribution in [3.63, 3.8) is 0 Å². The third-order valence-electron chi connectivity index (χ3n) is 2.79. The maximum Gasteiger partial charge on any atom is 0.188 e. The quantitative estimate of drug-likeness (QED) is 0.689. The van der Waals surface area contributed by atoms with Gasteiger partial charge in [0.05, 0.1) is 15.9 Å². The fraction of sp³-hybridized carbons (Fsp3) is 0.0714. The summed E-state index contributed by atoms with van der Waals surface area (Å²) < 4.78 is 40.4. The highest BCUT2D eigenvalue weighted by atomic mass is 32.1. The molecule has 0 spiro atoms. The predicted octanol–water partition coefficient (Wildman–Crippen LogP) is 4.77. The maximum atomic E-state index is 13.5. The summed E-state index contributed by atoms with van der Waals surface area (Å²) in [5.74, 6) is -3.18. The van der Waals surface area contributed by atoms with Crippen molar-refractivity contribution in [2.45, 2.75) is 6.92 Å². The molecule has 0 atom stereocenters. The van der Waals surface area contributed by atoms with Crippen molar-refractivity contribution in [1.29, 1.82) is 0 Å². The fourth-order valence-electron chi connectivity index (χ4n) is 1.82. The Morgan fingerprint density at radius 1 is 1.00 bits per heavy atom. The van der Waals surface area contributed by atoms with Gasteiger partial charge in [-0.15, -0.1) is 0 Å². The predicted molar refractivity (Wildman–Crippen MR) is 74.0 cm³/mol. The van der Waals surface area contributed by atoms with Gasteiger partial charge in [-0.3, -0.25) is 0 Å². The van der Waals surface area contributed by atoms with Crippen LogP contribution in [0.3, 0.4) is 0 Å². The molecule has 0 aliphatic carbocycles. The van der Waals surface area contributed by atoms with Crippen LogP contribution in [0.1, 0.15) is 5.56 Å². The van der Waals surface area contributed by atoms with Gasteiger partial charge >= 0.3 is 0 Å². The zero-order valence-corrected chi connectivity index (χ0v) is 11.2. The number of aryl methyl sites for hydroxylation is 1. The minimum absolute atomic E-state index is 0.139. The second kappa shape index (κ2) is 4.79. The van der Waals surface area contributed by atoms with E-state index in [2.05, 4.69) is 10.3 Å². The van der Waals surface area contributed by atoms with Crippen LogP contribution in [0.4, 0.5) is 24.0 Å². The van der Waals surface area contributed by atoms with E-state index in [0.29, 0.717) is 11.2 Å². The van der Waals surface area contributed by atoms with Crippen molar-refractivity contribution in [3.05, 3.63) is 53.3 Å². The number of anilines is 2. The van der Waals surface area contributed by atoms with E-state index in [1.165, 1.54) is 11.3 Å². The number of nitrogens with one attached hydrogen (secondary N) is 1. The molecule has 1 heterocycles. The molecule has 0 saturated carbocycles. The van der Waals surface area contributed by atoms with E-state index < -0.39 is 17.5 Å². The number of nitrogens with zero attached hydrogens (tertiary/aromatic N) is 1. The van der Waals surface area contributed by atoms with Gasteiger partial charge in [0.2, 0.25) is 0 Å². The van der Waals surface area contributed by atoms with Crippen LogP contribution in [0.2, 0.25) is 0 Å². The normalized spacial score (nSPS) is 11.0. The third-order valence-corrected chi connectivity index (χ3v) is 3.75. The summed E-state index contributed by atoms with van der Waals surface area (Å²) in [4.78, 5) is 4.29. The topological polar surface area (TPSA) is 24.9 Å². The van der Waals surface area contributed by atoms with Gasteiger partial charge in [-0.05, 0) is 24.6 Å². The number of benzene rings is 2. The second-order valence-corrected chi connectivity index (χ2v) is 5.39. The van der Waals surface area contributed by atoms with Crippen LogP contribution in [0.15, 0.2) is 30.3 Å². The number of thiazole rings is 1. The zero-order chi connectivity index (χ0) is 14.3. The number of rotatable bonds is 2. The molecule has 0 bridgehead atoms. The lowest BCUT2D eigenvalue weighted by molar-refractivity contribution is 0.496. The fourth-order valence-corrected chi connectivity index (χ4v) is 2.68. The van der Waals surface area contributed by atoms with Crippen LogP contribution in [-0.2, 0) is 0 Å². The molecule has 20 heavy (non-hydrogen) atoms. The van der Waals surface area contributed by atoms with E-state index in [1.807, 2.05) is 25.1 Å². The van der Waals surface area contributed by atoms with Crippen molar-refractivity contribution in [1.82, 2.24) is 4.98 Å². The Bertz CT molecular complexity index is 798.